The smallest absolute Gasteiger partial charge is 0.318 e. The molecule has 0 aliphatic rings. The zero-order chi connectivity index (χ0) is 14.6. The van der Waals surface area contributed by atoms with E-state index in [9.17, 15) is 13.2 Å². The molecule has 1 N–H and O–H groups in total. The summed E-state index contributed by atoms with van der Waals surface area (Å²) < 4.78 is 27.2. The van der Waals surface area contributed by atoms with Crippen molar-refractivity contribution in [1.29, 1.82) is 0 Å². The number of aromatic nitrogens is 1. The number of aryl methyl sites for hydroxylation is 1. The molecular formula is C11H19N3O4S. The molecule has 8 heteroatoms. The monoisotopic (exact) mass is 289 g/mol. The molecule has 0 spiro atoms. The molecule has 0 atom stereocenters. The van der Waals surface area contributed by atoms with Gasteiger partial charge < -0.3 is 14.6 Å². The molecule has 0 unspecified atom stereocenters. The van der Waals surface area contributed by atoms with Crippen molar-refractivity contribution in [2.45, 2.75) is 4.90 Å². The van der Waals surface area contributed by atoms with Gasteiger partial charge in [0.1, 0.15) is 6.54 Å². The number of carboxylic acid groups (broad SMARTS) is 1. The molecule has 108 valence electrons. The van der Waals surface area contributed by atoms with Crippen molar-refractivity contribution in [3.8, 4) is 0 Å². The number of rotatable bonds is 7. The Balaban J connectivity index is 2.98. The standard InChI is InChI=1S/C11H19N3O4S/c1-12(2)6-7-14(9-11(15)16)19(17,18)10-4-5-13(3)8-10/h4-5,8H,6-7,9H2,1-3H3,(H,15,16). The summed E-state index contributed by atoms with van der Waals surface area (Å²) in [5, 5.41) is 8.84. The maximum absolute atomic E-state index is 12.3. The number of hydrogen-bond acceptors (Lipinski definition) is 4. The summed E-state index contributed by atoms with van der Waals surface area (Å²) >= 11 is 0. The lowest BCUT2D eigenvalue weighted by Crippen LogP contribution is -2.39. The van der Waals surface area contributed by atoms with Crippen LogP contribution in [0.4, 0.5) is 0 Å². The van der Waals surface area contributed by atoms with Gasteiger partial charge in [0.2, 0.25) is 10.0 Å². The van der Waals surface area contributed by atoms with Gasteiger partial charge in [-0.3, -0.25) is 4.79 Å². The molecule has 0 bridgehead atoms. The van der Waals surface area contributed by atoms with E-state index in [0.717, 1.165) is 4.31 Å². The van der Waals surface area contributed by atoms with Crippen LogP contribution in [0.25, 0.3) is 0 Å². The van der Waals surface area contributed by atoms with Crippen molar-refractivity contribution in [1.82, 2.24) is 13.8 Å². The normalized spacial score (nSPS) is 12.3. The highest BCUT2D eigenvalue weighted by Gasteiger charge is 2.27. The van der Waals surface area contributed by atoms with Crippen molar-refractivity contribution in [3.63, 3.8) is 0 Å². The van der Waals surface area contributed by atoms with Crippen LogP contribution in [0.2, 0.25) is 0 Å². The topological polar surface area (TPSA) is 82.8 Å². The first-order valence-corrected chi connectivity index (χ1v) is 7.16. The number of hydrogen-bond donors (Lipinski definition) is 1. The molecule has 1 aromatic heterocycles. The first kappa shape index (κ1) is 15.7. The Morgan fingerprint density at radius 1 is 1.37 bits per heavy atom. The Hall–Kier alpha value is -1.38. The summed E-state index contributed by atoms with van der Waals surface area (Å²) in [6.45, 7) is 0.0565. The molecule has 0 radical (unpaired) electrons. The summed E-state index contributed by atoms with van der Waals surface area (Å²) in [7, 11) is 1.54. The minimum absolute atomic E-state index is 0.106. The highest BCUT2D eigenvalue weighted by molar-refractivity contribution is 7.89. The van der Waals surface area contributed by atoms with Gasteiger partial charge in [-0.05, 0) is 20.2 Å². The van der Waals surface area contributed by atoms with Gasteiger partial charge in [0.05, 0.1) is 4.90 Å². The molecule has 1 rings (SSSR count). The van der Waals surface area contributed by atoms with Crippen molar-refractivity contribution in [3.05, 3.63) is 18.5 Å². The van der Waals surface area contributed by atoms with E-state index in [4.69, 9.17) is 5.11 Å². The maximum atomic E-state index is 12.3. The molecular weight excluding hydrogens is 270 g/mol. The number of sulfonamides is 1. The van der Waals surface area contributed by atoms with Crippen molar-refractivity contribution in [2.24, 2.45) is 7.05 Å². The van der Waals surface area contributed by atoms with Crippen molar-refractivity contribution in [2.75, 3.05) is 33.7 Å². The molecule has 0 saturated carbocycles. The van der Waals surface area contributed by atoms with Gasteiger partial charge in [-0.15, -0.1) is 0 Å². The fraction of sp³-hybridized carbons (Fsp3) is 0.545. The predicted octanol–water partition coefficient (Wildman–Crippen LogP) is -0.338. The Labute approximate surface area is 113 Å². The van der Waals surface area contributed by atoms with E-state index in [1.54, 1.807) is 36.8 Å². The minimum Gasteiger partial charge on any atom is -0.480 e. The largest absolute Gasteiger partial charge is 0.480 e. The zero-order valence-corrected chi connectivity index (χ0v) is 12.1. The average molecular weight is 289 g/mol. The van der Waals surface area contributed by atoms with E-state index >= 15 is 0 Å². The molecule has 0 saturated heterocycles. The molecule has 7 nitrogen and oxygen atoms in total. The van der Waals surface area contributed by atoms with Crippen LogP contribution in [-0.4, -0.2) is 67.0 Å². The van der Waals surface area contributed by atoms with Crippen LogP contribution < -0.4 is 0 Å². The van der Waals surface area contributed by atoms with Gasteiger partial charge in [-0.1, -0.05) is 0 Å². The molecule has 0 amide bonds. The van der Waals surface area contributed by atoms with E-state index in [1.165, 1.54) is 12.3 Å². The molecule has 19 heavy (non-hydrogen) atoms. The minimum atomic E-state index is -3.77. The summed E-state index contributed by atoms with van der Waals surface area (Å²) in [5.74, 6) is -1.17. The van der Waals surface area contributed by atoms with Crippen LogP contribution in [0.15, 0.2) is 23.4 Å². The third-order valence-corrected chi connectivity index (χ3v) is 4.38. The van der Waals surface area contributed by atoms with Gasteiger partial charge in [0.25, 0.3) is 0 Å². The third-order valence-electron chi connectivity index (χ3n) is 2.55. The maximum Gasteiger partial charge on any atom is 0.318 e. The summed E-state index contributed by atoms with van der Waals surface area (Å²) in [4.78, 5) is 12.7. The fourth-order valence-corrected chi connectivity index (χ4v) is 2.96. The van der Waals surface area contributed by atoms with Gasteiger partial charge in [0.15, 0.2) is 0 Å². The second-order valence-electron chi connectivity index (χ2n) is 4.55. The molecule has 1 aromatic rings. The SMILES string of the molecule is CN(C)CCN(CC(=O)O)S(=O)(=O)c1ccn(C)c1. The van der Waals surface area contributed by atoms with E-state index < -0.39 is 22.5 Å². The number of carboxylic acids is 1. The van der Waals surface area contributed by atoms with Crippen LogP contribution >= 0.6 is 0 Å². The summed E-state index contributed by atoms with van der Waals surface area (Å²) in [6.07, 6.45) is 3.07. The zero-order valence-electron chi connectivity index (χ0n) is 11.3. The highest BCUT2D eigenvalue weighted by atomic mass is 32.2. The van der Waals surface area contributed by atoms with Crippen LogP contribution in [-0.2, 0) is 21.9 Å². The predicted molar refractivity (Wildman–Crippen MR) is 70.4 cm³/mol. The lowest BCUT2D eigenvalue weighted by Gasteiger charge is -2.21. The number of nitrogens with zero attached hydrogens (tertiary/aromatic N) is 3. The molecule has 0 aromatic carbocycles. The summed E-state index contributed by atoms with van der Waals surface area (Å²) in [5.41, 5.74) is 0. The van der Waals surface area contributed by atoms with Crippen LogP contribution in [0.1, 0.15) is 0 Å². The molecule has 0 aliphatic heterocycles. The highest BCUT2D eigenvalue weighted by Crippen LogP contribution is 2.15. The van der Waals surface area contributed by atoms with Gasteiger partial charge in [-0.2, -0.15) is 4.31 Å². The number of likely N-dealkylation sites (N-methyl/N-ethyl adjacent to an activating group) is 1. The van der Waals surface area contributed by atoms with E-state index in [-0.39, 0.29) is 11.4 Å². The van der Waals surface area contributed by atoms with Gasteiger partial charge in [0, 0.05) is 32.5 Å². The molecule has 0 aliphatic carbocycles. The molecule has 1 heterocycles. The molecule has 0 fully saturated rings. The second-order valence-corrected chi connectivity index (χ2v) is 6.49. The van der Waals surface area contributed by atoms with Crippen molar-refractivity contribution >= 4 is 16.0 Å². The number of carbonyl (C=O) groups is 1. The lowest BCUT2D eigenvalue weighted by molar-refractivity contribution is -0.137. The van der Waals surface area contributed by atoms with Crippen LogP contribution in [0.3, 0.4) is 0 Å². The lowest BCUT2D eigenvalue weighted by atomic mass is 10.5. The van der Waals surface area contributed by atoms with E-state index in [1.807, 2.05) is 0 Å². The Morgan fingerprint density at radius 3 is 2.42 bits per heavy atom. The Morgan fingerprint density at radius 2 is 2.00 bits per heavy atom. The second kappa shape index (κ2) is 6.18. The third kappa shape index (κ3) is 4.34. The Kier molecular flexibility index (Phi) is 5.10. The first-order chi connectivity index (χ1) is 8.73. The van der Waals surface area contributed by atoms with E-state index in [2.05, 4.69) is 0 Å². The van der Waals surface area contributed by atoms with Gasteiger partial charge in [-0.25, -0.2) is 8.42 Å². The van der Waals surface area contributed by atoms with E-state index in [0.29, 0.717) is 6.54 Å². The van der Waals surface area contributed by atoms with Crippen LogP contribution in [0.5, 0.6) is 0 Å². The summed E-state index contributed by atoms with van der Waals surface area (Å²) in [6, 6.07) is 1.46. The fourth-order valence-electron chi connectivity index (χ4n) is 1.53. The average Bonchev–Trinajstić information content (AvgIpc) is 2.70. The van der Waals surface area contributed by atoms with Crippen LogP contribution in [0, 0.1) is 0 Å². The van der Waals surface area contributed by atoms with Crippen molar-refractivity contribution < 1.29 is 18.3 Å². The number of aliphatic carboxylic acids is 1. The van der Waals surface area contributed by atoms with Gasteiger partial charge >= 0.3 is 5.97 Å². The first-order valence-electron chi connectivity index (χ1n) is 5.72. The quantitative estimate of drug-likeness (QED) is 0.742. The Bertz CT molecular complexity index is 536.